The quantitative estimate of drug-likeness (QED) is 0.637. The number of para-hydroxylation sites is 1. The Balaban J connectivity index is 1.44. The summed E-state index contributed by atoms with van der Waals surface area (Å²) in [6.45, 7) is 4.48. The fourth-order valence-electron chi connectivity index (χ4n) is 4.15. The number of aromatic nitrogens is 1. The maximum Gasteiger partial charge on any atom is 0.148 e. The van der Waals surface area contributed by atoms with Crippen molar-refractivity contribution >= 4 is 17.1 Å². The Bertz CT molecular complexity index is 1010. The van der Waals surface area contributed by atoms with Gasteiger partial charge in [0.25, 0.3) is 0 Å². The van der Waals surface area contributed by atoms with E-state index in [0.717, 1.165) is 54.6 Å². The second-order valence-corrected chi connectivity index (χ2v) is 7.49. The normalized spacial score (nSPS) is 16.5. The van der Waals surface area contributed by atoms with E-state index in [1.807, 2.05) is 12.3 Å². The largest absolute Gasteiger partial charge is 0.493 e. The summed E-state index contributed by atoms with van der Waals surface area (Å²) in [5, 5.41) is 3.63. The summed E-state index contributed by atoms with van der Waals surface area (Å²) in [5.41, 5.74) is 5.72. The lowest BCUT2D eigenvalue weighted by Crippen LogP contribution is -2.18. The highest BCUT2D eigenvalue weighted by molar-refractivity contribution is 5.72. The lowest BCUT2D eigenvalue weighted by molar-refractivity contribution is 0.340. The Morgan fingerprint density at radius 2 is 2.10 bits per heavy atom. The highest BCUT2D eigenvalue weighted by Gasteiger charge is 2.29. The molecule has 5 heteroatoms. The summed E-state index contributed by atoms with van der Waals surface area (Å²) in [4.78, 5) is 6.59. The second kappa shape index (κ2) is 7.66. The van der Waals surface area contributed by atoms with E-state index in [1.54, 1.807) is 6.20 Å². The number of hydrogen-bond acceptors (Lipinski definition) is 5. The molecule has 5 rings (SSSR count). The first-order valence-corrected chi connectivity index (χ1v) is 10.3. The predicted molar refractivity (Wildman–Crippen MR) is 115 cm³/mol. The molecule has 3 aromatic rings. The van der Waals surface area contributed by atoms with Crippen molar-refractivity contribution in [2.24, 2.45) is 0 Å². The van der Waals surface area contributed by atoms with Gasteiger partial charge in [0.05, 0.1) is 30.2 Å². The van der Waals surface area contributed by atoms with Gasteiger partial charge in [0.15, 0.2) is 0 Å². The number of nitrogens with one attached hydrogen (secondary N) is 1. The van der Waals surface area contributed by atoms with E-state index >= 15 is 0 Å². The molecule has 29 heavy (non-hydrogen) atoms. The molecule has 0 radical (unpaired) electrons. The number of pyridine rings is 1. The SMILES string of the molecule is CCCN(c1cccnc1)c1cccc2c1OC[C@H]2Nc1ccc2c(c1)OCC2. The van der Waals surface area contributed by atoms with Gasteiger partial charge in [-0.2, -0.15) is 0 Å². The van der Waals surface area contributed by atoms with Gasteiger partial charge in [-0.3, -0.25) is 4.98 Å². The van der Waals surface area contributed by atoms with E-state index in [2.05, 4.69) is 64.6 Å². The summed E-state index contributed by atoms with van der Waals surface area (Å²) >= 11 is 0. The van der Waals surface area contributed by atoms with Crippen LogP contribution in [0.4, 0.5) is 17.1 Å². The number of hydrogen-bond donors (Lipinski definition) is 1. The van der Waals surface area contributed by atoms with E-state index in [4.69, 9.17) is 9.47 Å². The molecule has 1 aromatic heterocycles. The third-order valence-electron chi connectivity index (χ3n) is 5.53. The van der Waals surface area contributed by atoms with Crippen LogP contribution in [0, 0.1) is 0 Å². The van der Waals surface area contributed by atoms with Gasteiger partial charge in [-0.05, 0) is 36.2 Å². The molecule has 2 aliphatic heterocycles. The van der Waals surface area contributed by atoms with Crippen LogP contribution < -0.4 is 19.7 Å². The Hall–Kier alpha value is -3.21. The first kappa shape index (κ1) is 17.9. The molecule has 0 fully saturated rings. The Morgan fingerprint density at radius 1 is 1.14 bits per heavy atom. The molecule has 1 N–H and O–H groups in total. The molecule has 0 aliphatic carbocycles. The van der Waals surface area contributed by atoms with E-state index in [9.17, 15) is 0 Å². The van der Waals surface area contributed by atoms with Crippen molar-refractivity contribution in [3.05, 3.63) is 72.1 Å². The number of rotatable bonds is 6. The second-order valence-electron chi connectivity index (χ2n) is 7.49. The lowest BCUT2D eigenvalue weighted by atomic mass is 10.1. The van der Waals surface area contributed by atoms with E-state index in [1.165, 1.54) is 11.1 Å². The minimum absolute atomic E-state index is 0.113. The zero-order valence-electron chi connectivity index (χ0n) is 16.6. The van der Waals surface area contributed by atoms with Crippen LogP contribution in [0.1, 0.15) is 30.5 Å². The van der Waals surface area contributed by atoms with Gasteiger partial charge in [0, 0.05) is 36.5 Å². The minimum atomic E-state index is 0.113. The van der Waals surface area contributed by atoms with Crippen LogP contribution in [-0.2, 0) is 6.42 Å². The summed E-state index contributed by atoms with van der Waals surface area (Å²) in [6.07, 6.45) is 5.75. The van der Waals surface area contributed by atoms with Crippen LogP contribution >= 0.6 is 0 Å². The maximum absolute atomic E-state index is 6.20. The molecular formula is C24H25N3O2. The summed E-state index contributed by atoms with van der Waals surface area (Å²) in [5.74, 6) is 1.95. The standard InChI is InChI=1S/C24H25N3O2/c1-2-12-27(19-5-4-11-25-15-19)22-7-3-6-20-21(16-29-24(20)22)26-18-9-8-17-10-13-28-23(17)14-18/h3-9,11,14-15,21,26H,2,10,12-13,16H2,1H3/t21-/m1/s1. The van der Waals surface area contributed by atoms with Crippen molar-refractivity contribution in [3.63, 3.8) is 0 Å². The highest BCUT2D eigenvalue weighted by atomic mass is 16.5. The lowest BCUT2D eigenvalue weighted by Gasteiger charge is -2.25. The number of fused-ring (bicyclic) bond motifs is 2. The van der Waals surface area contributed by atoms with Crippen LogP contribution in [0.2, 0.25) is 0 Å². The van der Waals surface area contributed by atoms with Crippen LogP contribution in [0.15, 0.2) is 60.9 Å². The molecule has 5 nitrogen and oxygen atoms in total. The highest BCUT2D eigenvalue weighted by Crippen LogP contribution is 2.44. The molecule has 148 valence electrons. The van der Waals surface area contributed by atoms with Gasteiger partial charge in [0.2, 0.25) is 0 Å². The van der Waals surface area contributed by atoms with Gasteiger partial charge < -0.3 is 19.7 Å². The van der Waals surface area contributed by atoms with Crippen LogP contribution in [0.3, 0.4) is 0 Å². The van der Waals surface area contributed by atoms with Crippen molar-refractivity contribution < 1.29 is 9.47 Å². The predicted octanol–water partition coefficient (Wildman–Crippen LogP) is 5.11. The van der Waals surface area contributed by atoms with Gasteiger partial charge >= 0.3 is 0 Å². The molecular weight excluding hydrogens is 362 g/mol. The fourth-order valence-corrected chi connectivity index (χ4v) is 4.15. The van der Waals surface area contributed by atoms with Crippen molar-refractivity contribution in [2.45, 2.75) is 25.8 Å². The molecule has 3 heterocycles. The third-order valence-corrected chi connectivity index (χ3v) is 5.53. The van der Waals surface area contributed by atoms with Gasteiger partial charge in [-0.15, -0.1) is 0 Å². The zero-order chi connectivity index (χ0) is 19.6. The Kier molecular flexibility index (Phi) is 4.72. The van der Waals surface area contributed by atoms with Crippen LogP contribution in [0.5, 0.6) is 11.5 Å². The minimum Gasteiger partial charge on any atom is -0.493 e. The van der Waals surface area contributed by atoms with E-state index < -0.39 is 0 Å². The number of benzene rings is 2. The first-order chi connectivity index (χ1) is 14.3. The summed E-state index contributed by atoms with van der Waals surface area (Å²) < 4.78 is 11.9. The average Bonchev–Trinajstić information content (AvgIpc) is 3.39. The van der Waals surface area contributed by atoms with E-state index in [-0.39, 0.29) is 6.04 Å². The summed E-state index contributed by atoms with van der Waals surface area (Å²) in [6, 6.07) is 17.0. The average molecular weight is 387 g/mol. The molecule has 0 spiro atoms. The molecule has 1 atom stereocenters. The molecule has 0 bridgehead atoms. The molecule has 2 aliphatic rings. The monoisotopic (exact) mass is 387 g/mol. The van der Waals surface area contributed by atoms with Crippen molar-refractivity contribution in [2.75, 3.05) is 30.0 Å². The molecule has 0 amide bonds. The van der Waals surface area contributed by atoms with E-state index in [0.29, 0.717) is 6.61 Å². The van der Waals surface area contributed by atoms with Gasteiger partial charge in [-0.1, -0.05) is 25.1 Å². The van der Waals surface area contributed by atoms with Crippen molar-refractivity contribution in [3.8, 4) is 11.5 Å². The Labute approximate surface area is 171 Å². The molecule has 0 saturated heterocycles. The Morgan fingerprint density at radius 3 is 2.97 bits per heavy atom. The number of anilines is 3. The zero-order valence-corrected chi connectivity index (χ0v) is 16.6. The number of ether oxygens (including phenoxy) is 2. The topological polar surface area (TPSA) is 46.6 Å². The smallest absolute Gasteiger partial charge is 0.148 e. The molecule has 0 unspecified atom stereocenters. The van der Waals surface area contributed by atoms with Crippen molar-refractivity contribution in [1.29, 1.82) is 0 Å². The molecule has 2 aromatic carbocycles. The fraction of sp³-hybridized carbons (Fsp3) is 0.292. The maximum atomic E-state index is 6.20. The molecule has 0 saturated carbocycles. The van der Waals surface area contributed by atoms with Crippen molar-refractivity contribution in [1.82, 2.24) is 4.98 Å². The van der Waals surface area contributed by atoms with Crippen LogP contribution in [-0.4, -0.2) is 24.7 Å². The van der Waals surface area contributed by atoms with Gasteiger partial charge in [-0.25, -0.2) is 0 Å². The first-order valence-electron chi connectivity index (χ1n) is 10.3. The van der Waals surface area contributed by atoms with Crippen LogP contribution in [0.25, 0.3) is 0 Å². The summed E-state index contributed by atoms with van der Waals surface area (Å²) in [7, 11) is 0. The third kappa shape index (κ3) is 3.37. The number of nitrogens with zero attached hydrogens (tertiary/aromatic N) is 2. The van der Waals surface area contributed by atoms with Gasteiger partial charge in [0.1, 0.15) is 18.1 Å².